The first-order chi connectivity index (χ1) is 7.84. The minimum Gasteiger partial charge on any atom is -0.480 e. The third-order valence-electron chi connectivity index (χ3n) is 1.74. The molecular formula is C7H10N4O5S. The highest BCUT2D eigenvalue weighted by atomic mass is 32.2. The molecule has 0 aliphatic rings. The zero-order valence-corrected chi connectivity index (χ0v) is 9.35. The molecule has 1 aromatic rings. The van der Waals surface area contributed by atoms with E-state index in [1.807, 2.05) is 0 Å². The Bertz CT molecular complexity index is 492. The standard InChI is InChI=1S/C7H10N4O5S/c8-5(12)3-11(4-7(13)14)17(15,16)6-1-2-9-10-6/h1-2H,3-4H2,(H2,8,12)(H,9,10)(H,13,14). The number of hydrogen-bond donors (Lipinski definition) is 3. The molecule has 17 heavy (non-hydrogen) atoms. The van der Waals surface area contributed by atoms with Crippen molar-refractivity contribution in [3.8, 4) is 0 Å². The van der Waals surface area contributed by atoms with Gasteiger partial charge in [-0.15, -0.1) is 0 Å². The molecule has 94 valence electrons. The van der Waals surface area contributed by atoms with Crippen LogP contribution in [0, 0.1) is 0 Å². The van der Waals surface area contributed by atoms with Crippen LogP contribution in [0.2, 0.25) is 0 Å². The molecule has 0 saturated heterocycles. The first-order valence-corrected chi connectivity index (χ1v) is 5.77. The normalized spacial score (nSPS) is 11.6. The van der Waals surface area contributed by atoms with Gasteiger partial charge in [0.15, 0.2) is 5.03 Å². The van der Waals surface area contributed by atoms with Gasteiger partial charge in [-0.1, -0.05) is 0 Å². The lowest BCUT2D eigenvalue weighted by Crippen LogP contribution is -2.41. The van der Waals surface area contributed by atoms with Gasteiger partial charge in [-0.2, -0.15) is 9.40 Å². The fourth-order valence-electron chi connectivity index (χ4n) is 1.08. The molecule has 9 nitrogen and oxygen atoms in total. The SMILES string of the molecule is NC(=O)CN(CC(=O)O)S(=O)(=O)c1ccn[nH]1. The van der Waals surface area contributed by atoms with Crippen LogP contribution >= 0.6 is 0 Å². The number of rotatable bonds is 6. The second-order valence-corrected chi connectivity index (χ2v) is 4.96. The number of H-pyrrole nitrogens is 1. The Hall–Kier alpha value is -1.94. The number of nitrogens with one attached hydrogen (secondary N) is 1. The highest BCUT2D eigenvalue weighted by Gasteiger charge is 2.28. The van der Waals surface area contributed by atoms with Crippen LogP contribution in [0.15, 0.2) is 17.3 Å². The molecule has 0 bridgehead atoms. The predicted molar refractivity (Wildman–Crippen MR) is 54.2 cm³/mol. The van der Waals surface area contributed by atoms with Gasteiger partial charge in [-0.05, 0) is 6.07 Å². The van der Waals surface area contributed by atoms with Crippen molar-refractivity contribution in [1.82, 2.24) is 14.5 Å². The molecule has 10 heteroatoms. The van der Waals surface area contributed by atoms with Gasteiger partial charge < -0.3 is 10.8 Å². The van der Waals surface area contributed by atoms with E-state index in [1.54, 1.807) is 0 Å². The van der Waals surface area contributed by atoms with Crippen LogP contribution < -0.4 is 5.73 Å². The summed E-state index contributed by atoms with van der Waals surface area (Å²) in [5, 5.41) is 13.9. The molecule has 0 aliphatic heterocycles. The number of aliphatic carboxylic acids is 1. The van der Waals surface area contributed by atoms with Crippen molar-refractivity contribution in [1.29, 1.82) is 0 Å². The van der Waals surface area contributed by atoms with Gasteiger partial charge in [0.2, 0.25) is 5.91 Å². The summed E-state index contributed by atoms with van der Waals surface area (Å²) in [6.07, 6.45) is 1.19. The van der Waals surface area contributed by atoms with Gasteiger partial charge in [-0.25, -0.2) is 8.42 Å². The fourth-order valence-corrected chi connectivity index (χ4v) is 2.33. The second kappa shape index (κ2) is 4.93. The number of nitrogens with two attached hydrogens (primary N) is 1. The Morgan fingerprint density at radius 2 is 2.12 bits per heavy atom. The van der Waals surface area contributed by atoms with Crippen molar-refractivity contribution in [3.05, 3.63) is 12.3 Å². The van der Waals surface area contributed by atoms with E-state index in [1.165, 1.54) is 6.20 Å². The van der Waals surface area contributed by atoms with E-state index in [0.29, 0.717) is 4.31 Å². The molecule has 4 N–H and O–H groups in total. The number of hydrogen-bond acceptors (Lipinski definition) is 5. The summed E-state index contributed by atoms with van der Waals surface area (Å²) in [5.41, 5.74) is 4.86. The number of aromatic nitrogens is 2. The van der Waals surface area contributed by atoms with Crippen LogP contribution in [0.1, 0.15) is 0 Å². The van der Waals surface area contributed by atoms with Crippen LogP contribution in [0.4, 0.5) is 0 Å². The smallest absolute Gasteiger partial charge is 0.318 e. The van der Waals surface area contributed by atoms with Crippen LogP contribution in [-0.2, 0) is 19.6 Å². The first-order valence-electron chi connectivity index (χ1n) is 4.33. The van der Waals surface area contributed by atoms with Crippen molar-refractivity contribution >= 4 is 21.9 Å². The number of primary amides is 1. The zero-order valence-electron chi connectivity index (χ0n) is 8.53. The van der Waals surface area contributed by atoms with Crippen LogP contribution in [0.3, 0.4) is 0 Å². The van der Waals surface area contributed by atoms with Gasteiger partial charge >= 0.3 is 5.97 Å². The maximum Gasteiger partial charge on any atom is 0.318 e. The number of nitrogens with zero attached hydrogens (tertiary/aromatic N) is 2. The second-order valence-electron chi connectivity index (χ2n) is 3.05. The summed E-state index contributed by atoms with van der Waals surface area (Å²) in [7, 11) is -4.11. The Morgan fingerprint density at radius 3 is 2.53 bits per heavy atom. The molecule has 0 unspecified atom stereocenters. The third-order valence-corrected chi connectivity index (χ3v) is 3.46. The lowest BCUT2D eigenvalue weighted by molar-refractivity contribution is -0.137. The number of carbonyl (C=O) groups excluding carboxylic acids is 1. The zero-order chi connectivity index (χ0) is 13.1. The van der Waals surface area contributed by atoms with Crippen molar-refractivity contribution in [2.75, 3.05) is 13.1 Å². The summed E-state index contributed by atoms with van der Waals surface area (Å²) < 4.78 is 24.1. The molecule has 0 atom stereocenters. The average Bonchev–Trinajstić information content (AvgIpc) is 2.68. The van der Waals surface area contributed by atoms with E-state index in [4.69, 9.17) is 10.8 Å². The number of amides is 1. The van der Waals surface area contributed by atoms with E-state index >= 15 is 0 Å². The van der Waals surface area contributed by atoms with Crippen molar-refractivity contribution < 1.29 is 23.1 Å². The molecule has 1 amide bonds. The topological polar surface area (TPSA) is 146 Å². The fraction of sp³-hybridized carbons (Fsp3) is 0.286. The van der Waals surface area contributed by atoms with E-state index in [2.05, 4.69) is 10.2 Å². The largest absolute Gasteiger partial charge is 0.480 e. The molecule has 0 aliphatic carbocycles. The van der Waals surface area contributed by atoms with E-state index < -0.39 is 35.0 Å². The molecule has 0 radical (unpaired) electrons. The maximum absolute atomic E-state index is 11.8. The lowest BCUT2D eigenvalue weighted by atomic mass is 10.5. The van der Waals surface area contributed by atoms with Gasteiger partial charge in [0.05, 0.1) is 12.7 Å². The van der Waals surface area contributed by atoms with Gasteiger partial charge in [-0.3, -0.25) is 14.7 Å². The Labute approximate surface area is 96.3 Å². The summed E-state index contributed by atoms with van der Waals surface area (Å²) in [6.45, 7) is -1.57. The molecule has 1 aromatic heterocycles. The summed E-state index contributed by atoms with van der Waals surface area (Å²) >= 11 is 0. The van der Waals surface area contributed by atoms with Gasteiger partial charge in [0.1, 0.15) is 6.54 Å². The maximum atomic E-state index is 11.8. The van der Waals surface area contributed by atoms with Crippen molar-refractivity contribution in [2.45, 2.75) is 5.03 Å². The molecule has 0 aromatic carbocycles. The number of carboxylic acid groups (broad SMARTS) is 1. The van der Waals surface area contributed by atoms with E-state index in [-0.39, 0.29) is 5.03 Å². The van der Waals surface area contributed by atoms with Crippen LogP contribution in [-0.4, -0.2) is 53.0 Å². The quantitative estimate of drug-likeness (QED) is 0.538. The molecule has 0 saturated carbocycles. The highest BCUT2D eigenvalue weighted by Crippen LogP contribution is 2.11. The molecule has 1 heterocycles. The number of aromatic amines is 1. The van der Waals surface area contributed by atoms with Crippen molar-refractivity contribution in [2.24, 2.45) is 5.73 Å². The highest BCUT2D eigenvalue weighted by molar-refractivity contribution is 7.89. The Kier molecular flexibility index (Phi) is 3.81. The molecule has 1 rings (SSSR count). The van der Waals surface area contributed by atoms with Crippen molar-refractivity contribution in [3.63, 3.8) is 0 Å². The monoisotopic (exact) mass is 262 g/mol. The lowest BCUT2D eigenvalue weighted by Gasteiger charge is -2.17. The molecule has 0 spiro atoms. The van der Waals surface area contributed by atoms with E-state index in [0.717, 1.165) is 6.07 Å². The van der Waals surface area contributed by atoms with Crippen LogP contribution in [0.5, 0.6) is 0 Å². The number of carboxylic acids is 1. The Balaban J connectivity index is 3.04. The number of sulfonamides is 1. The molecular weight excluding hydrogens is 252 g/mol. The van der Waals surface area contributed by atoms with Gasteiger partial charge in [0, 0.05) is 0 Å². The Morgan fingerprint density at radius 1 is 1.47 bits per heavy atom. The first kappa shape index (κ1) is 13.1. The molecule has 0 fully saturated rings. The van der Waals surface area contributed by atoms with Crippen LogP contribution in [0.25, 0.3) is 0 Å². The summed E-state index contributed by atoms with van der Waals surface area (Å²) in [4.78, 5) is 21.2. The summed E-state index contributed by atoms with van der Waals surface area (Å²) in [5.74, 6) is -2.34. The third kappa shape index (κ3) is 3.26. The average molecular weight is 262 g/mol. The predicted octanol–water partition coefficient (Wildman–Crippen LogP) is -2.03. The number of carbonyl (C=O) groups is 2. The van der Waals surface area contributed by atoms with E-state index in [9.17, 15) is 18.0 Å². The minimum atomic E-state index is -4.11. The minimum absolute atomic E-state index is 0.306. The summed E-state index contributed by atoms with van der Waals surface area (Å²) in [6, 6.07) is 1.14. The van der Waals surface area contributed by atoms with Gasteiger partial charge in [0.25, 0.3) is 10.0 Å².